The van der Waals surface area contributed by atoms with Crippen molar-refractivity contribution in [1.29, 1.82) is 0 Å². The number of carboxylic acid groups (broad SMARTS) is 2. The van der Waals surface area contributed by atoms with Crippen LogP contribution in [0.4, 0.5) is 0 Å². The average molecular weight is 861 g/mol. The van der Waals surface area contributed by atoms with Gasteiger partial charge in [-0.1, -0.05) is 77.0 Å². The Morgan fingerprint density at radius 1 is 0.475 bits per heavy atom. The molecule has 342 valence electrons. The lowest BCUT2D eigenvalue weighted by Crippen LogP contribution is -2.29. The van der Waals surface area contributed by atoms with Crippen LogP contribution < -0.4 is 10.6 Å². The van der Waals surface area contributed by atoms with Crippen molar-refractivity contribution in [3.8, 4) is 0 Å². The van der Waals surface area contributed by atoms with Crippen molar-refractivity contribution in [2.24, 2.45) is 5.92 Å². The molecule has 0 spiro atoms. The first kappa shape index (κ1) is 56.1. The van der Waals surface area contributed by atoms with E-state index in [1.54, 1.807) is 0 Å². The molecule has 0 saturated heterocycles. The van der Waals surface area contributed by atoms with E-state index < -0.39 is 17.9 Å². The van der Waals surface area contributed by atoms with Gasteiger partial charge in [-0.2, -0.15) is 11.8 Å². The number of ketones is 3. The fraction of sp³-hybridized carbons (Fsp3) is 0.837. The summed E-state index contributed by atoms with van der Waals surface area (Å²) in [6, 6.07) is 0. The summed E-state index contributed by atoms with van der Waals surface area (Å²) in [5.74, 6) is -2.69. The van der Waals surface area contributed by atoms with Crippen molar-refractivity contribution in [1.82, 2.24) is 10.6 Å². The molecule has 0 aromatic heterocycles. The quantitative estimate of drug-likeness (QED) is 0.0508. The van der Waals surface area contributed by atoms with E-state index in [1.165, 1.54) is 56.7 Å². The monoisotopic (exact) mass is 861 g/mol. The molecule has 0 rings (SSSR count). The van der Waals surface area contributed by atoms with Gasteiger partial charge in [0, 0.05) is 58.2 Å². The van der Waals surface area contributed by atoms with E-state index in [0.717, 1.165) is 44.9 Å². The molecule has 0 aliphatic rings. The van der Waals surface area contributed by atoms with Crippen molar-refractivity contribution >= 4 is 52.9 Å². The SMILES string of the molecule is CSCC(=O)CCCNC(=O)COCCOCCCC(=O)COCCOCCNC(=O)CC[C@H](CC(=O)CCCCCCCCCCCCCCCCC(=O)O)C(=O)O. The van der Waals surface area contributed by atoms with Crippen molar-refractivity contribution in [3.05, 3.63) is 0 Å². The highest BCUT2D eigenvalue weighted by Gasteiger charge is 2.22. The third-order valence-electron chi connectivity index (χ3n) is 9.45. The second-order valence-electron chi connectivity index (χ2n) is 14.9. The highest BCUT2D eigenvalue weighted by Crippen LogP contribution is 2.17. The normalized spacial score (nSPS) is 11.6. The van der Waals surface area contributed by atoms with E-state index in [0.29, 0.717) is 57.6 Å². The number of carbonyl (C=O) groups is 7. The molecular formula is C43H76N2O13S. The minimum Gasteiger partial charge on any atom is -0.481 e. The fourth-order valence-electron chi connectivity index (χ4n) is 6.10. The number of ether oxygens (including phenoxy) is 4. The van der Waals surface area contributed by atoms with Crippen LogP contribution in [0, 0.1) is 5.92 Å². The number of thioether (sulfide) groups is 1. The van der Waals surface area contributed by atoms with Gasteiger partial charge in [-0.15, -0.1) is 0 Å². The Labute approximate surface area is 356 Å². The van der Waals surface area contributed by atoms with E-state index in [2.05, 4.69) is 10.6 Å². The van der Waals surface area contributed by atoms with Gasteiger partial charge >= 0.3 is 11.9 Å². The van der Waals surface area contributed by atoms with Gasteiger partial charge in [0.15, 0.2) is 5.78 Å². The topological polar surface area (TPSA) is 221 Å². The molecule has 0 saturated carbocycles. The first-order chi connectivity index (χ1) is 28.5. The molecule has 4 N–H and O–H groups in total. The standard InChI is InChI=1S/C43H76N2O13S/c1-59-35-39(48)19-16-24-44-41(50)34-58-31-28-55-26-17-20-38(47)33-57-30-29-56-27-25-45-40(49)23-22-36(43(53)54)32-37(46)18-14-12-10-8-6-4-2-3-5-7-9-11-13-15-21-42(51)52/h36H,2-35H2,1H3,(H,44,50)(H,45,49)(H,51,52)(H,53,54)/t36-/m1/s1. The first-order valence-electron chi connectivity index (χ1n) is 21.9. The second kappa shape index (κ2) is 41.8. The highest BCUT2D eigenvalue weighted by molar-refractivity contribution is 7.99. The lowest BCUT2D eigenvalue weighted by atomic mass is 9.94. The number of amides is 2. The van der Waals surface area contributed by atoms with Crippen molar-refractivity contribution in [2.75, 3.05) is 78.0 Å². The summed E-state index contributed by atoms with van der Waals surface area (Å²) in [4.78, 5) is 82.0. The lowest BCUT2D eigenvalue weighted by molar-refractivity contribution is -0.144. The van der Waals surface area contributed by atoms with Crippen LogP contribution in [0.15, 0.2) is 0 Å². The highest BCUT2D eigenvalue weighted by atomic mass is 32.2. The van der Waals surface area contributed by atoms with Gasteiger partial charge in [-0.05, 0) is 38.4 Å². The number of nitrogens with one attached hydrogen (secondary N) is 2. The van der Waals surface area contributed by atoms with Crippen LogP contribution in [-0.4, -0.2) is 129 Å². The Balaban J connectivity index is 3.65. The molecule has 0 aromatic rings. The number of hydrogen-bond donors (Lipinski definition) is 4. The van der Waals surface area contributed by atoms with E-state index in [-0.39, 0.29) is 101 Å². The van der Waals surface area contributed by atoms with Crippen LogP contribution in [0.3, 0.4) is 0 Å². The summed E-state index contributed by atoms with van der Waals surface area (Å²) >= 11 is 1.49. The molecule has 1 atom stereocenters. The Morgan fingerprint density at radius 2 is 0.966 bits per heavy atom. The van der Waals surface area contributed by atoms with Crippen LogP contribution in [-0.2, 0) is 52.5 Å². The van der Waals surface area contributed by atoms with Gasteiger partial charge in [0.1, 0.15) is 24.8 Å². The zero-order chi connectivity index (χ0) is 43.6. The van der Waals surface area contributed by atoms with Gasteiger partial charge in [0.25, 0.3) is 0 Å². The summed E-state index contributed by atoms with van der Waals surface area (Å²) in [6.07, 6.45) is 19.8. The average Bonchev–Trinajstić information content (AvgIpc) is 3.19. The summed E-state index contributed by atoms with van der Waals surface area (Å²) in [5, 5.41) is 23.6. The summed E-state index contributed by atoms with van der Waals surface area (Å²) in [7, 11) is 0. The number of rotatable bonds is 46. The molecule has 16 heteroatoms. The first-order valence-corrected chi connectivity index (χ1v) is 23.3. The van der Waals surface area contributed by atoms with Crippen molar-refractivity contribution < 1.29 is 62.7 Å². The molecule has 0 bridgehead atoms. The number of carbonyl (C=O) groups excluding carboxylic acids is 5. The molecule has 0 aromatic carbocycles. The van der Waals surface area contributed by atoms with Crippen molar-refractivity contribution in [3.63, 3.8) is 0 Å². The minimum absolute atomic E-state index is 0.00599. The fourth-order valence-corrected chi connectivity index (χ4v) is 6.56. The van der Waals surface area contributed by atoms with Crippen LogP contribution in [0.5, 0.6) is 0 Å². The summed E-state index contributed by atoms with van der Waals surface area (Å²) in [5.41, 5.74) is 0. The Morgan fingerprint density at radius 3 is 1.54 bits per heavy atom. The molecule has 0 aliphatic heterocycles. The zero-order valence-electron chi connectivity index (χ0n) is 35.9. The van der Waals surface area contributed by atoms with Crippen LogP contribution in [0.2, 0.25) is 0 Å². The van der Waals surface area contributed by atoms with Crippen LogP contribution in [0.25, 0.3) is 0 Å². The zero-order valence-corrected chi connectivity index (χ0v) is 36.7. The molecule has 0 heterocycles. The Hall–Kier alpha value is -2.92. The summed E-state index contributed by atoms with van der Waals surface area (Å²) in [6.45, 7) is 2.18. The molecule has 0 radical (unpaired) electrons. The predicted octanol–water partition coefficient (Wildman–Crippen LogP) is 6.11. The predicted molar refractivity (Wildman–Crippen MR) is 228 cm³/mol. The molecule has 2 amide bonds. The number of unbranched alkanes of at least 4 members (excludes halogenated alkanes) is 13. The van der Waals surface area contributed by atoms with E-state index in [4.69, 9.17) is 24.1 Å². The maximum atomic E-state index is 12.4. The molecule has 0 fully saturated rings. The maximum absolute atomic E-state index is 12.4. The maximum Gasteiger partial charge on any atom is 0.306 e. The van der Waals surface area contributed by atoms with Gasteiger partial charge < -0.3 is 39.8 Å². The smallest absolute Gasteiger partial charge is 0.306 e. The number of carboxylic acids is 2. The Kier molecular flexibility index (Phi) is 39.7. The van der Waals surface area contributed by atoms with E-state index in [1.807, 2.05) is 6.26 Å². The second-order valence-corrected chi connectivity index (χ2v) is 15.8. The van der Waals surface area contributed by atoms with Gasteiger partial charge in [0.05, 0.1) is 44.7 Å². The molecule has 59 heavy (non-hydrogen) atoms. The molecule has 0 aliphatic carbocycles. The molecular weight excluding hydrogens is 785 g/mol. The molecule has 0 unspecified atom stereocenters. The Bertz CT molecular complexity index is 1140. The van der Waals surface area contributed by atoms with Crippen molar-refractivity contribution in [2.45, 2.75) is 148 Å². The van der Waals surface area contributed by atoms with Crippen LogP contribution in [0.1, 0.15) is 148 Å². The number of hydrogen-bond acceptors (Lipinski definition) is 12. The van der Waals surface area contributed by atoms with Gasteiger partial charge in [-0.3, -0.25) is 33.6 Å². The third kappa shape index (κ3) is 41.6. The van der Waals surface area contributed by atoms with E-state index in [9.17, 15) is 38.7 Å². The lowest BCUT2D eigenvalue weighted by Gasteiger charge is -2.12. The molecule has 15 nitrogen and oxygen atoms in total. The minimum atomic E-state index is -1.07. The number of aliphatic carboxylic acids is 2. The van der Waals surface area contributed by atoms with Gasteiger partial charge in [-0.25, -0.2) is 0 Å². The third-order valence-corrected chi connectivity index (χ3v) is 10.1. The van der Waals surface area contributed by atoms with Gasteiger partial charge in [0.2, 0.25) is 11.8 Å². The summed E-state index contributed by atoms with van der Waals surface area (Å²) < 4.78 is 21.5. The largest absolute Gasteiger partial charge is 0.481 e. The number of Topliss-reactive ketones (excluding diaryl/α,β-unsaturated/α-hetero) is 3. The van der Waals surface area contributed by atoms with Crippen LogP contribution >= 0.6 is 11.8 Å². The van der Waals surface area contributed by atoms with E-state index >= 15 is 0 Å².